The van der Waals surface area contributed by atoms with Gasteiger partial charge < -0.3 is 5.11 Å². The molecule has 2 rings (SSSR count). The van der Waals surface area contributed by atoms with E-state index in [1.165, 1.54) is 5.56 Å². The van der Waals surface area contributed by atoms with E-state index in [1.54, 1.807) is 0 Å². The van der Waals surface area contributed by atoms with Crippen LogP contribution in [0.15, 0.2) is 30.3 Å². The second-order valence-electron chi connectivity index (χ2n) is 4.86. The van der Waals surface area contributed by atoms with E-state index in [9.17, 15) is 4.79 Å². The number of carboxylic acid groups (broad SMARTS) is 1. The SMILES string of the molecule is C[C@H](Cc1ccccc1)N1CC[C@H](C(=O)O)C1. The normalized spacial score (nSPS) is 22.5. The van der Waals surface area contributed by atoms with E-state index >= 15 is 0 Å². The van der Waals surface area contributed by atoms with Gasteiger partial charge >= 0.3 is 5.97 Å². The molecule has 1 heterocycles. The van der Waals surface area contributed by atoms with Crippen molar-refractivity contribution in [3.63, 3.8) is 0 Å². The molecule has 0 saturated carbocycles. The Kier molecular flexibility index (Phi) is 3.79. The monoisotopic (exact) mass is 233 g/mol. The van der Waals surface area contributed by atoms with Crippen LogP contribution >= 0.6 is 0 Å². The molecular weight excluding hydrogens is 214 g/mol. The molecule has 1 aromatic rings. The van der Waals surface area contributed by atoms with Gasteiger partial charge in [-0.3, -0.25) is 9.69 Å². The summed E-state index contributed by atoms with van der Waals surface area (Å²) in [6.45, 7) is 3.78. The number of benzene rings is 1. The molecule has 1 aliphatic rings. The van der Waals surface area contributed by atoms with Gasteiger partial charge in [-0.1, -0.05) is 30.3 Å². The average Bonchev–Trinajstić information content (AvgIpc) is 2.79. The molecule has 0 unspecified atom stereocenters. The van der Waals surface area contributed by atoms with Gasteiger partial charge in [-0.25, -0.2) is 0 Å². The van der Waals surface area contributed by atoms with Crippen LogP contribution in [0.1, 0.15) is 18.9 Å². The van der Waals surface area contributed by atoms with Gasteiger partial charge in [0.15, 0.2) is 0 Å². The van der Waals surface area contributed by atoms with Gasteiger partial charge in [0.1, 0.15) is 0 Å². The Bertz CT molecular complexity index is 377. The van der Waals surface area contributed by atoms with Gasteiger partial charge in [0.2, 0.25) is 0 Å². The summed E-state index contributed by atoms with van der Waals surface area (Å²) in [4.78, 5) is 13.2. The Labute approximate surface area is 102 Å². The number of aliphatic carboxylic acids is 1. The largest absolute Gasteiger partial charge is 0.481 e. The zero-order chi connectivity index (χ0) is 12.3. The second kappa shape index (κ2) is 5.32. The first kappa shape index (κ1) is 12.1. The van der Waals surface area contributed by atoms with E-state index in [4.69, 9.17) is 5.11 Å². The summed E-state index contributed by atoms with van der Waals surface area (Å²) in [6, 6.07) is 10.8. The van der Waals surface area contributed by atoms with Crippen molar-refractivity contribution in [3.8, 4) is 0 Å². The molecule has 0 radical (unpaired) electrons. The van der Waals surface area contributed by atoms with Crippen LogP contribution in [-0.4, -0.2) is 35.1 Å². The molecule has 0 spiro atoms. The minimum absolute atomic E-state index is 0.173. The molecule has 2 atom stereocenters. The lowest BCUT2D eigenvalue weighted by atomic mass is 10.1. The molecular formula is C14H19NO2. The zero-order valence-electron chi connectivity index (χ0n) is 10.2. The molecule has 3 nitrogen and oxygen atoms in total. The third kappa shape index (κ3) is 3.07. The highest BCUT2D eigenvalue weighted by Gasteiger charge is 2.30. The lowest BCUT2D eigenvalue weighted by molar-refractivity contribution is -0.141. The molecule has 3 heteroatoms. The van der Waals surface area contributed by atoms with Gasteiger partial charge in [0.05, 0.1) is 5.92 Å². The van der Waals surface area contributed by atoms with Crippen LogP contribution in [0.5, 0.6) is 0 Å². The first-order chi connectivity index (χ1) is 8.16. The van der Waals surface area contributed by atoms with Crippen molar-refractivity contribution in [1.29, 1.82) is 0 Å². The summed E-state index contributed by atoms with van der Waals surface area (Å²) >= 11 is 0. The molecule has 0 aliphatic carbocycles. The Morgan fingerprint density at radius 2 is 2.18 bits per heavy atom. The Morgan fingerprint density at radius 1 is 1.47 bits per heavy atom. The maximum absolute atomic E-state index is 10.9. The van der Waals surface area contributed by atoms with Crippen molar-refractivity contribution >= 4 is 5.97 Å². The zero-order valence-corrected chi connectivity index (χ0v) is 10.2. The van der Waals surface area contributed by atoms with Crippen molar-refractivity contribution < 1.29 is 9.90 Å². The quantitative estimate of drug-likeness (QED) is 0.865. The minimum atomic E-state index is -0.653. The van der Waals surface area contributed by atoms with Gasteiger partial charge in [-0.05, 0) is 31.9 Å². The Balaban J connectivity index is 1.89. The Hall–Kier alpha value is -1.35. The maximum Gasteiger partial charge on any atom is 0.307 e. The molecule has 1 saturated heterocycles. The summed E-state index contributed by atoms with van der Waals surface area (Å²) in [5, 5.41) is 8.98. The molecule has 17 heavy (non-hydrogen) atoms. The predicted molar refractivity (Wildman–Crippen MR) is 66.9 cm³/mol. The number of likely N-dealkylation sites (tertiary alicyclic amines) is 1. The molecule has 0 bridgehead atoms. The standard InChI is InChI=1S/C14H19NO2/c1-11(9-12-5-3-2-4-6-12)15-8-7-13(10-15)14(16)17/h2-6,11,13H,7-10H2,1H3,(H,16,17)/t11-,13+/m1/s1. The highest BCUT2D eigenvalue weighted by Crippen LogP contribution is 2.20. The molecule has 1 aromatic carbocycles. The number of hydrogen-bond acceptors (Lipinski definition) is 2. The fraction of sp³-hybridized carbons (Fsp3) is 0.500. The van der Waals surface area contributed by atoms with Crippen LogP contribution in [0.4, 0.5) is 0 Å². The summed E-state index contributed by atoms with van der Waals surface area (Å²) in [6.07, 6.45) is 1.78. The highest BCUT2D eigenvalue weighted by atomic mass is 16.4. The van der Waals surface area contributed by atoms with E-state index in [0.717, 1.165) is 19.4 Å². The van der Waals surface area contributed by atoms with Gasteiger partial charge in [-0.15, -0.1) is 0 Å². The van der Waals surface area contributed by atoms with Gasteiger partial charge in [-0.2, -0.15) is 0 Å². The highest BCUT2D eigenvalue weighted by molar-refractivity contribution is 5.70. The van der Waals surface area contributed by atoms with E-state index in [-0.39, 0.29) is 5.92 Å². The van der Waals surface area contributed by atoms with E-state index in [0.29, 0.717) is 12.6 Å². The van der Waals surface area contributed by atoms with E-state index in [2.05, 4.69) is 24.0 Å². The third-order valence-electron chi connectivity index (χ3n) is 3.57. The summed E-state index contributed by atoms with van der Waals surface area (Å²) in [5.41, 5.74) is 1.32. The van der Waals surface area contributed by atoms with Crippen molar-refractivity contribution in [2.24, 2.45) is 5.92 Å². The lowest BCUT2D eigenvalue weighted by Gasteiger charge is -2.24. The maximum atomic E-state index is 10.9. The number of rotatable bonds is 4. The topological polar surface area (TPSA) is 40.5 Å². The molecule has 1 aliphatic heterocycles. The summed E-state index contributed by atoms with van der Waals surface area (Å²) in [7, 11) is 0. The van der Waals surface area contributed by atoms with E-state index in [1.807, 2.05) is 18.2 Å². The van der Waals surface area contributed by atoms with Gasteiger partial charge in [0.25, 0.3) is 0 Å². The Morgan fingerprint density at radius 3 is 2.76 bits per heavy atom. The predicted octanol–water partition coefficient (Wildman–Crippen LogP) is 2.02. The number of hydrogen-bond donors (Lipinski definition) is 1. The molecule has 1 fully saturated rings. The average molecular weight is 233 g/mol. The van der Waals surface area contributed by atoms with Crippen LogP contribution in [0.25, 0.3) is 0 Å². The van der Waals surface area contributed by atoms with Crippen molar-refractivity contribution in [2.75, 3.05) is 13.1 Å². The summed E-state index contributed by atoms with van der Waals surface area (Å²) < 4.78 is 0. The molecule has 1 N–H and O–H groups in total. The fourth-order valence-electron chi connectivity index (χ4n) is 2.47. The van der Waals surface area contributed by atoms with Crippen molar-refractivity contribution in [1.82, 2.24) is 4.90 Å². The smallest absolute Gasteiger partial charge is 0.307 e. The lowest BCUT2D eigenvalue weighted by Crippen LogP contribution is -2.33. The van der Waals surface area contributed by atoms with E-state index < -0.39 is 5.97 Å². The molecule has 0 aromatic heterocycles. The second-order valence-corrected chi connectivity index (χ2v) is 4.86. The minimum Gasteiger partial charge on any atom is -0.481 e. The van der Waals surface area contributed by atoms with Crippen LogP contribution in [-0.2, 0) is 11.2 Å². The van der Waals surface area contributed by atoms with Crippen LogP contribution in [0, 0.1) is 5.92 Å². The number of carbonyl (C=O) groups is 1. The third-order valence-corrected chi connectivity index (χ3v) is 3.57. The van der Waals surface area contributed by atoms with Crippen LogP contribution in [0.2, 0.25) is 0 Å². The first-order valence-corrected chi connectivity index (χ1v) is 6.17. The van der Waals surface area contributed by atoms with Gasteiger partial charge in [0, 0.05) is 12.6 Å². The first-order valence-electron chi connectivity index (χ1n) is 6.17. The van der Waals surface area contributed by atoms with Crippen molar-refractivity contribution in [2.45, 2.75) is 25.8 Å². The number of nitrogens with zero attached hydrogens (tertiary/aromatic N) is 1. The van der Waals surface area contributed by atoms with Crippen LogP contribution in [0.3, 0.4) is 0 Å². The van der Waals surface area contributed by atoms with Crippen molar-refractivity contribution in [3.05, 3.63) is 35.9 Å². The summed E-state index contributed by atoms with van der Waals surface area (Å²) in [5.74, 6) is -0.826. The van der Waals surface area contributed by atoms with Crippen LogP contribution < -0.4 is 0 Å². The molecule has 92 valence electrons. The number of carboxylic acids is 1. The molecule has 0 amide bonds. The fourth-order valence-corrected chi connectivity index (χ4v) is 2.47.